The Bertz CT molecular complexity index is 553. The molecule has 0 spiro atoms. The van der Waals surface area contributed by atoms with Gasteiger partial charge in [0.25, 0.3) is 0 Å². The van der Waals surface area contributed by atoms with Crippen molar-refractivity contribution in [3.8, 4) is 5.75 Å². The lowest BCUT2D eigenvalue weighted by Crippen LogP contribution is -2.22. The molecule has 0 aliphatic rings. The molecular weight excluding hydrogens is 270 g/mol. The monoisotopic (exact) mass is 297 g/mol. The lowest BCUT2D eigenvalue weighted by molar-refractivity contribution is 0.213. The van der Waals surface area contributed by atoms with Gasteiger partial charge in [-0.3, -0.25) is 0 Å². The summed E-state index contributed by atoms with van der Waals surface area (Å²) in [5.41, 5.74) is 2.60. The van der Waals surface area contributed by atoms with E-state index in [0.717, 1.165) is 25.1 Å². The predicted octanol–water partition coefficient (Wildman–Crippen LogP) is 4.76. The van der Waals surface area contributed by atoms with Crippen LogP contribution in [0, 0.1) is 0 Å². The van der Waals surface area contributed by atoms with Crippen LogP contribution in [0.2, 0.25) is 0 Å². The van der Waals surface area contributed by atoms with E-state index in [1.165, 1.54) is 11.1 Å². The third-order valence-electron chi connectivity index (χ3n) is 4.00. The number of nitrogens with one attached hydrogen (secondary N) is 1. The van der Waals surface area contributed by atoms with Gasteiger partial charge in [-0.2, -0.15) is 0 Å². The van der Waals surface area contributed by atoms with Crippen LogP contribution < -0.4 is 10.1 Å². The minimum Gasteiger partial charge on any atom is -0.490 e. The largest absolute Gasteiger partial charge is 0.490 e. The summed E-state index contributed by atoms with van der Waals surface area (Å²) in [6.07, 6.45) is 2.31. The molecule has 0 saturated heterocycles. The highest BCUT2D eigenvalue weighted by Gasteiger charge is 2.12. The number of hydrogen-bond donors (Lipinski definition) is 1. The van der Waals surface area contributed by atoms with Crippen molar-refractivity contribution in [2.75, 3.05) is 6.54 Å². The molecule has 2 aromatic carbocycles. The average molecular weight is 297 g/mol. The van der Waals surface area contributed by atoms with E-state index in [1.54, 1.807) is 0 Å². The molecule has 0 fully saturated rings. The van der Waals surface area contributed by atoms with Gasteiger partial charge in [0.1, 0.15) is 5.75 Å². The summed E-state index contributed by atoms with van der Waals surface area (Å²) in [5.74, 6) is 0.997. The van der Waals surface area contributed by atoms with Gasteiger partial charge in [-0.05, 0) is 44.9 Å². The summed E-state index contributed by atoms with van der Waals surface area (Å²) in [4.78, 5) is 0. The molecule has 22 heavy (non-hydrogen) atoms. The molecule has 1 N–H and O–H groups in total. The fraction of sp³-hybridized carbons (Fsp3) is 0.400. The molecule has 2 nitrogen and oxygen atoms in total. The van der Waals surface area contributed by atoms with Crippen molar-refractivity contribution in [1.29, 1.82) is 0 Å². The Labute approximate surface area is 134 Å². The molecular formula is C20H27NO. The van der Waals surface area contributed by atoms with E-state index in [2.05, 4.69) is 74.6 Å². The van der Waals surface area contributed by atoms with Gasteiger partial charge in [0.05, 0.1) is 6.10 Å². The Hall–Kier alpha value is -1.80. The first-order valence-corrected chi connectivity index (χ1v) is 8.23. The van der Waals surface area contributed by atoms with Crippen molar-refractivity contribution in [3.63, 3.8) is 0 Å². The Morgan fingerprint density at radius 2 is 1.64 bits per heavy atom. The Balaban J connectivity index is 1.93. The normalized spacial score (nSPS) is 13.6. The molecule has 2 heteroatoms. The maximum atomic E-state index is 6.04. The van der Waals surface area contributed by atoms with Gasteiger partial charge < -0.3 is 10.1 Å². The first kappa shape index (κ1) is 16.6. The number of para-hydroxylation sites is 1. The van der Waals surface area contributed by atoms with E-state index >= 15 is 0 Å². The third kappa shape index (κ3) is 4.88. The lowest BCUT2D eigenvalue weighted by Gasteiger charge is -2.20. The number of rotatable bonds is 8. The summed E-state index contributed by atoms with van der Waals surface area (Å²) >= 11 is 0. The summed E-state index contributed by atoms with van der Waals surface area (Å²) in [7, 11) is 0. The van der Waals surface area contributed by atoms with Crippen LogP contribution in [0.25, 0.3) is 0 Å². The van der Waals surface area contributed by atoms with Gasteiger partial charge in [0.15, 0.2) is 0 Å². The van der Waals surface area contributed by atoms with Gasteiger partial charge in [-0.25, -0.2) is 0 Å². The molecule has 0 radical (unpaired) electrons. The first-order chi connectivity index (χ1) is 10.7. The van der Waals surface area contributed by atoms with Crippen LogP contribution in [0.5, 0.6) is 5.75 Å². The van der Waals surface area contributed by atoms with Crippen molar-refractivity contribution in [1.82, 2.24) is 5.32 Å². The molecule has 0 amide bonds. The van der Waals surface area contributed by atoms with Gasteiger partial charge in [0, 0.05) is 11.6 Å². The van der Waals surface area contributed by atoms with E-state index in [-0.39, 0.29) is 12.1 Å². The Morgan fingerprint density at radius 1 is 0.955 bits per heavy atom. The van der Waals surface area contributed by atoms with Crippen LogP contribution in [-0.2, 0) is 6.42 Å². The minimum atomic E-state index is 0.248. The van der Waals surface area contributed by atoms with Crippen molar-refractivity contribution >= 4 is 0 Å². The van der Waals surface area contributed by atoms with Crippen molar-refractivity contribution in [2.24, 2.45) is 0 Å². The molecule has 0 bridgehead atoms. The van der Waals surface area contributed by atoms with Crippen LogP contribution in [0.3, 0.4) is 0 Å². The fourth-order valence-electron chi connectivity index (χ4n) is 2.43. The van der Waals surface area contributed by atoms with Crippen molar-refractivity contribution in [2.45, 2.75) is 45.8 Å². The van der Waals surface area contributed by atoms with Crippen molar-refractivity contribution < 1.29 is 4.74 Å². The molecule has 2 unspecified atom stereocenters. The minimum absolute atomic E-state index is 0.248. The summed E-state index contributed by atoms with van der Waals surface area (Å²) < 4.78 is 6.04. The molecule has 0 aliphatic carbocycles. The van der Waals surface area contributed by atoms with E-state index in [0.29, 0.717) is 0 Å². The molecule has 2 rings (SSSR count). The summed E-state index contributed by atoms with van der Waals surface area (Å²) in [6.45, 7) is 7.42. The summed E-state index contributed by atoms with van der Waals surface area (Å²) in [5, 5.41) is 3.60. The zero-order valence-electron chi connectivity index (χ0n) is 13.9. The molecule has 2 aromatic rings. The maximum absolute atomic E-state index is 6.04. The van der Waals surface area contributed by atoms with E-state index in [9.17, 15) is 0 Å². The van der Waals surface area contributed by atoms with Crippen LogP contribution in [0.15, 0.2) is 54.6 Å². The molecule has 2 atom stereocenters. The van der Waals surface area contributed by atoms with Gasteiger partial charge >= 0.3 is 0 Å². The number of ether oxygens (including phenoxy) is 1. The predicted molar refractivity (Wildman–Crippen MR) is 93.4 cm³/mol. The fourth-order valence-corrected chi connectivity index (χ4v) is 2.43. The topological polar surface area (TPSA) is 21.3 Å². The SMILES string of the molecule is CCC(C)Oc1ccccc1C(C)NCCc1ccccc1. The molecule has 0 aliphatic heterocycles. The third-order valence-corrected chi connectivity index (χ3v) is 4.00. The van der Waals surface area contributed by atoms with Gasteiger partial charge in [-0.15, -0.1) is 0 Å². The quantitative estimate of drug-likeness (QED) is 0.758. The van der Waals surface area contributed by atoms with Crippen LogP contribution in [0.4, 0.5) is 0 Å². The molecule has 118 valence electrons. The van der Waals surface area contributed by atoms with Crippen LogP contribution in [0.1, 0.15) is 44.4 Å². The first-order valence-electron chi connectivity index (χ1n) is 8.23. The Kier molecular flexibility index (Phi) is 6.47. The lowest BCUT2D eigenvalue weighted by atomic mass is 10.1. The van der Waals surface area contributed by atoms with Crippen molar-refractivity contribution in [3.05, 3.63) is 65.7 Å². The zero-order chi connectivity index (χ0) is 15.8. The number of hydrogen-bond acceptors (Lipinski definition) is 2. The summed E-state index contributed by atoms with van der Waals surface area (Å²) in [6, 6.07) is 19.2. The van der Waals surface area contributed by atoms with Gasteiger partial charge in [0.2, 0.25) is 0 Å². The zero-order valence-corrected chi connectivity index (χ0v) is 13.9. The average Bonchev–Trinajstić information content (AvgIpc) is 2.56. The molecule has 0 saturated carbocycles. The highest BCUT2D eigenvalue weighted by Crippen LogP contribution is 2.26. The smallest absolute Gasteiger partial charge is 0.124 e. The second-order valence-electron chi connectivity index (χ2n) is 5.79. The van der Waals surface area contributed by atoms with E-state index in [4.69, 9.17) is 4.74 Å². The number of benzene rings is 2. The second kappa shape index (κ2) is 8.60. The maximum Gasteiger partial charge on any atom is 0.124 e. The molecule has 0 heterocycles. The highest BCUT2D eigenvalue weighted by molar-refractivity contribution is 5.35. The highest BCUT2D eigenvalue weighted by atomic mass is 16.5. The van der Waals surface area contributed by atoms with Crippen LogP contribution >= 0.6 is 0 Å². The van der Waals surface area contributed by atoms with Gasteiger partial charge in [-0.1, -0.05) is 55.5 Å². The van der Waals surface area contributed by atoms with Crippen LogP contribution in [-0.4, -0.2) is 12.6 Å². The van der Waals surface area contributed by atoms with E-state index < -0.39 is 0 Å². The molecule has 0 aromatic heterocycles. The van der Waals surface area contributed by atoms with E-state index in [1.807, 2.05) is 6.07 Å². The second-order valence-corrected chi connectivity index (χ2v) is 5.79. The Morgan fingerprint density at radius 3 is 2.36 bits per heavy atom. The standard InChI is InChI=1S/C20H27NO/c1-4-16(2)22-20-13-9-8-12-19(20)17(3)21-15-14-18-10-6-5-7-11-18/h5-13,16-17,21H,4,14-15H2,1-3H3.